The molecule has 1 saturated heterocycles. The van der Waals surface area contributed by atoms with Crippen molar-refractivity contribution in [2.45, 2.75) is 25.8 Å². The number of rotatable bonds is 7. The van der Waals surface area contributed by atoms with Crippen LogP contribution in [0.3, 0.4) is 0 Å². The summed E-state index contributed by atoms with van der Waals surface area (Å²) in [5.41, 5.74) is 2.09. The number of hydrogen-bond donors (Lipinski definition) is 2. The van der Waals surface area contributed by atoms with Crippen LogP contribution in [0, 0.1) is 5.41 Å². The normalized spacial score (nSPS) is 19.8. The van der Waals surface area contributed by atoms with E-state index in [9.17, 15) is 5.11 Å². The highest BCUT2D eigenvalue weighted by Gasteiger charge is 2.36. The van der Waals surface area contributed by atoms with E-state index < -0.39 is 0 Å². The van der Waals surface area contributed by atoms with Crippen molar-refractivity contribution in [3.8, 4) is 22.8 Å². The minimum Gasteiger partial charge on any atom is -0.509 e. The van der Waals surface area contributed by atoms with E-state index in [2.05, 4.69) is 4.90 Å². The molecule has 8 heteroatoms. The molecule has 0 saturated carbocycles. The molecule has 0 amide bonds. The Labute approximate surface area is 181 Å². The van der Waals surface area contributed by atoms with Gasteiger partial charge in [0.05, 0.1) is 31.5 Å². The number of amidine groups is 1. The first-order valence-electron chi connectivity index (χ1n) is 10.2. The first-order chi connectivity index (χ1) is 14.5. The van der Waals surface area contributed by atoms with Crippen LogP contribution in [0.25, 0.3) is 16.8 Å². The van der Waals surface area contributed by atoms with Crippen molar-refractivity contribution in [1.82, 2.24) is 14.8 Å². The quantitative estimate of drug-likeness (QED) is 0.697. The highest BCUT2D eigenvalue weighted by molar-refractivity contribution is 7.11. The summed E-state index contributed by atoms with van der Waals surface area (Å²) < 4.78 is 10.8. The maximum absolute atomic E-state index is 10.8. The standard InChI is InChI=1S/C22H28N4O3S/c1-14-20(27)19(21(23)26(14)11-10-25-8-4-5-9-25)22-24-17(13-30-22)16-12-15(28-2)6-7-18(16)29-3/h6-7,12-14,23,27H,4-5,8-11H2,1-3H3. The van der Waals surface area contributed by atoms with E-state index in [4.69, 9.17) is 19.9 Å². The monoisotopic (exact) mass is 428 g/mol. The fourth-order valence-electron chi connectivity index (χ4n) is 4.11. The van der Waals surface area contributed by atoms with Crippen LogP contribution < -0.4 is 9.47 Å². The molecular weight excluding hydrogens is 400 g/mol. The summed E-state index contributed by atoms with van der Waals surface area (Å²) in [4.78, 5) is 9.13. The Hall–Kier alpha value is -2.58. The van der Waals surface area contributed by atoms with Crippen LogP contribution in [0.5, 0.6) is 11.5 Å². The first-order valence-corrected chi connectivity index (χ1v) is 11.1. The molecule has 30 heavy (non-hydrogen) atoms. The SMILES string of the molecule is COc1ccc(OC)c(-c2csc(C3=C(O)C(C)N(CCN4CCCC4)C3=N)n2)c1. The van der Waals surface area contributed by atoms with Crippen LogP contribution in [-0.4, -0.2) is 72.2 Å². The lowest BCUT2D eigenvalue weighted by Crippen LogP contribution is -2.39. The van der Waals surface area contributed by atoms with Gasteiger partial charge in [-0.1, -0.05) is 0 Å². The molecule has 1 unspecified atom stereocenters. The van der Waals surface area contributed by atoms with E-state index in [1.54, 1.807) is 14.2 Å². The van der Waals surface area contributed by atoms with E-state index in [1.165, 1.54) is 24.2 Å². The lowest BCUT2D eigenvalue weighted by atomic mass is 10.1. The number of nitrogens with zero attached hydrogens (tertiary/aromatic N) is 3. The number of thiazole rings is 1. The number of aliphatic hydroxyl groups is 1. The maximum atomic E-state index is 10.8. The summed E-state index contributed by atoms with van der Waals surface area (Å²) >= 11 is 1.43. The summed E-state index contributed by atoms with van der Waals surface area (Å²) in [6, 6.07) is 5.37. The molecule has 160 valence electrons. The van der Waals surface area contributed by atoms with Crippen molar-refractivity contribution in [3.05, 3.63) is 34.3 Å². The molecule has 0 radical (unpaired) electrons. The first kappa shape index (κ1) is 20.7. The van der Waals surface area contributed by atoms with Gasteiger partial charge in [-0.15, -0.1) is 11.3 Å². The molecule has 2 N–H and O–H groups in total. The van der Waals surface area contributed by atoms with Crippen molar-refractivity contribution >= 4 is 22.7 Å². The topological polar surface area (TPSA) is 81.9 Å². The molecule has 1 fully saturated rings. The van der Waals surface area contributed by atoms with Crippen LogP contribution in [-0.2, 0) is 0 Å². The summed E-state index contributed by atoms with van der Waals surface area (Å²) in [6.07, 6.45) is 2.49. The molecule has 0 aliphatic carbocycles. The highest BCUT2D eigenvalue weighted by atomic mass is 32.1. The Morgan fingerprint density at radius 1 is 1.20 bits per heavy atom. The van der Waals surface area contributed by atoms with Crippen LogP contribution in [0.2, 0.25) is 0 Å². The van der Waals surface area contributed by atoms with Crippen LogP contribution in [0.15, 0.2) is 29.3 Å². The van der Waals surface area contributed by atoms with Gasteiger partial charge < -0.3 is 24.4 Å². The fraction of sp³-hybridized carbons (Fsp3) is 0.455. The van der Waals surface area contributed by atoms with Crippen molar-refractivity contribution in [2.75, 3.05) is 40.4 Å². The molecule has 0 bridgehead atoms. The lowest BCUT2D eigenvalue weighted by Gasteiger charge is -2.26. The molecule has 2 aliphatic heterocycles. The zero-order valence-corrected chi connectivity index (χ0v) is 18.5. The van der Waals surface area contributed by atoms with Gasteiger partial charge in [0, 0.05) is 24.0 Å². The third-order valence-electron chi connectivity index (χ3n) is 5.90. The molecule has 4 rings (SSSR count). The van der Waals surface area contributed by atoms with Gasteiger partial charge in [0.1, 0.15) is 28.1 Å². The number of likely N-dealkylation sites (tertiary alicyclic amines) is 1. The van der Waals surface area contributed by atoms with Crippen LogP contribution in [0.4, 0.5) is 0 Å². The van der Waals surface area contributed by atoms with E-state index in [1.807, 2.05) is 35.4 Å². The van der Waals surface area contributed by atoms with Crippen LogP contribution in [0.1, 0.15) is 24.8 Å². The molecule has 1 aromatic heterocycles. The third-order valence-corrected chi connectivity index (χ3v) is 6.76. The van der Waals surface area contributed by atoms with Gasteiger partial charge in [-0.2, -0.15) is 0 Å². The number of ether oxygens (including phenoxy) is 2. The van der Waals surface area contributed by atoms with Gasteiger partial charge in [0.15, 0.2) is 0 Å². The van der Waals surface area contributed by atoms with Gasteiger partial charge in [-0.25, -0.2) is 4.98 Å². The van der Waals surface area contributed by atoms with Crippen molar-refractivity contribution < 1.29 is 14.6 Å². The molecule has 2 aromatic rings. The average Bonchev–Trinajstić information content (AvgIpc) is 3.49. The summed E-state index contributed by atoms with van der Waals surface area (Å²) in [5.74, 6) is 1.99. The molecule has 1 atom stereocenters. The second kappa shape index (κ2) is 8.65. The Bertz CT molecular complexity index is 965. The molecule has 7 nitrogen and oxygen atoms in total. The maximum Gasteiger partial charge on any atom is 0.135 e. The van der Waals surface area contributed by atoms with Crippen LogP contribution >= 0.6 is 11.3 Å². The molecule has 3 heterocycles. The number of aliphatic hydroxyl groups excluding tert-OH is 1. The lowest BCUT2D eigenvalue weighted by molar-refractivity contribution is 0.247. The average molecular weight is 429 g/mol. The summed E-state index contributed by atoms with van der Waals surface area (Å²) in [5, 5.41) is 22.1. The Morgan fingerprint density at radius 2 is 1.97 bits per heavy atom. The second-order valence-electron chi connectivity index (χ2n) is 7.63. The Kier molecular flexibility index (Phi) is 5.97. The zero-order valence-electron chi connectivity index (χ0n) is 17.6. The van der Waals surface area contributed by atoms with Gasteiger partial charge in [0.25, 0.3) is 0 Å². The van der Waals surface area contributed by atoms with Crippen molar-refractivity contribution in [2.24, 2.45) is 0 Å². The predicted molar refractivity (Wildman–Crippen MR) is 120 cm³/mol. The second-order valence-corrected chi connectivity index (χ2v) is 8.49. The van der Waals surface area contributed by atoms with Gasteiger partial charge >= 0.3 is 0 Å². The number of aromatic nitrogens is 1. The van der Waals surface area contributed by atoms with E-state index >= 15 is 0 Å². The molecule has 1 aromatic carbocycles. The Balaban J connectivity index is 1.57. The van der Waals surface area contributed by atoms with Gasteiger partial charge in [0.2, 0.25) is 0 Å². The zero-order chi connectivity index (χ0) is 21.3. The molecule has 2 aliphatic rings. The minimum atomic E-state index is -0.214. The number of benzene rings is 1. The van der Waals surface area contributed by atoms with Crippen molar-refractivity contribution in [1.29, 1.82) is 5.41 Å². The van der Waals surface area contributed by atoms with E-state index in [0.717, 1.165) is 43.2 Å². The van der Waals surface area contributed by atoms with Gasteiger partial charge in [-0.05, 0) is 51.1 Å². The van der Waals surface area contributed by atoms with E-state index in [-0.39, 0.29) is 11.8 Å². The number of hydrogen-bond acceptors (Lipinski definition) is 7. The predicted octanol–water partition coefficient (Wildman–Crippen LogP) is 3.87. The smallest absolute Gasteiger partial charge is 0.135 e. The number of nitrogens with one attached hydrogen (secondary N) is 1. The third kappa shape index (κ3) is 3.77. The summed E-state index contributed by atoms with van der Waals surface area (Å²) in [6.45, 7) is 5.84. The molecular formula is C22H28N4O3S. The van der Waals surface area contributed by atoms with E-state index in [0.29, 0.717) is 22.2 Å². The van der Waals surface area contributed by atoms with Crippen molar-refractivity contribution in [3.63, 3.8) is 0 Å². The highest BCUT2D eigenvalue weighted by Crippen LogP contribution is 2.38. The summed E-state index contributed by atoms with van der Waals surface area (Å²) in [7, 11) is 3.25. The Morgan fingerprint density at radius 3 is 2.67 bits per heavy atom. The largest absolute Gasteiger partial charge is 0.509 e. The number of methoxy groups -OCH3 is 2. The van der Waals surface area contributed by atoms with Gasteiger partial charge in [-0.3, -0.25) is 5.41 Å². The molecule has 0 spiro atoms. The minimum absolute atomic E-state index is 0.214. The fourth-order valence-corrected chi connectivity index (χ4v) is 4.99.